The molecule has 0 unspecified atom stereocenters. The lowest BCUT2D eigenvalue weighted by Crippen LogP contribution is -2.38. The van der Waals surface area contributed by atoms with Gasteiger partial charge in [-0.25, -0.2) is 15.0 Å². The Balaban J connectivity index is 1.32. The van der Waals surface area contributed by atoms with Crippen molar-refractivity contribution in [1.29, 1.82) is 0 Å². The summed E-state index contributed by atoms with van der Waals surface area (Å²) >= 11 is 0. The molecule has 6 rings (SSSR count). The van der Waals surface area contributed by atoms with Gasteiger partial charge in [0, 0.05) is 42.7 Å². The lowest BCUT2D eigenvalue weighted by molar-refractivity contribution is -0.119. The van der Waals surface area contributed by atoms with Crippen molar-refractivity contribution in [3.8, 4) is 22.9 Å². The van der Waals surface area contributed by atoms with Gasteiger partial charge in [-0.15, -0.1) is 0 Å². The molecule has 0 amide bonds. The van der Waals surface area contributed by atoms with Gasteiger partial charge in [0.2, 0.25) is 11.8 Å². The van der Waals surface area contributed by atoms with Crippen LogP contribution in [0.2, 0.25) is 0 Å². The molecule has 2 aromatic carbocycles. The van der Waals surface area contributed by atoms with Gasteiger partial charge in [-0.05, 0) is 73.9 Å². The number of piperidine rings is 1. The summed E-state index contributed by atoms with van der Waals surface area (Å²) < 4.78 is 6.53. The highest BCUT2D eigenvalue weighted by atomic mass is 16.5. The zero-order chi connectivity index (χ0) is 25.2. The Morgan fingerprint density at radius 3 is 2.78 bits per heavy atom. The monoisotopic (exact) mass is 493 g/mol. The molecule has 4 aromatic rings. The van der Waals surface area contributed by atoms with Crippen molar-refractivity contribution in [2.24, 2.45) is 5.92 Å². The minimum Gasteiger partial charge on any atom is -0.437 e. The molecule has 3 heterocycles. The van der Waals surface area contributed by atoms with Crippen molar-refractivity contribution in [1.82, 2.24) is 20.3 Å². The third kappa shape index (κ3) is 5.18. The lowest BCUT2D eigenvalue weighted by Gasteiger charge is -2.23. The number of aryl methyl sites for hydroxylation is 1. The number of rotatable bonds is 8. The quantitative estimate of drug-likeness (QED) is 0.336. The van der Waals surface area contributed by atoms with Crippen LogP contribution in [0.3, 0.4) is 0 Å². The van der Waals surface area contributed by atoms with Crippen LogP contribution in [-0.2, 0) is 11.2 Å². The van der Waals surface area contributed by atoms with E-state index >= 15 is 0 Å². The van der Waals surface area contributed by atoms with Gasteiger partial charge < -0.3 is 15.4 Å². The molecule has 0 spiro atoms. The van der Waals surface area contributed by atoms with Crippen molar-refractivity contribution in [2.45, 2.75) is 45.1 Å². The molecule has 188 valence electrons. The summed E-state index contributed by atoms with van der Waals surface area (Å²) in [7, 11) is 0. The molecule has 0 bridgehead atoms. The lowest BCUT2D eigenvalue weighted by atomic mass is 9.97. The number of ether oxygens (including phenoxy) is 1. The van der Waals surface area contributed by atoms with Gasteiger partial charge in [-0.3, -0.25) is 4.79 Å². The highest BCUT2D eigenvalue weighted by molar-refractivity contribution is 5.96. The van der Waals surface area contributed by atoms with E-state index in [2.05, 4.69) is 38.8 Å². The van der Waals surface area contributed by atoms with E-state index in [0.717, 1.165) is 77.7 Å². The second-order valence-corrected chi connectivity index (χ2v) is 10.1. The molecular weight excluding hydrogens is 462 g/mol. The summed E-state index contributed by atoms with van der Waals surface area (Å²) in [6, 6.07) is 16.3. The Hall–Kier alpha value is -3.84. The first-order valence-corrected chi connectivity index (χ1v) is 13.1. The van der Waals surface area contributed by atoms with Gasteiger partial charge in [0.25, 0.3) is 0 Å². The Bertz CT molecular complexity index is 1440. The van der Waals surface area contributed by atoms with Gasteiger partial charge in [-0.2, -0.15) is 0 Å². The number of benzene rings is 2. The number of Topliss-reactive ketones (excluding diaryl/α,β-unsaturated/α-hetero) is 1. The third-order valence-corrected chi connectivity index (χ3v) is 7.23. The smallest absolute Gasteiger partial charge is 0.228 e. The molecule has 2 N–H and O–H groups in total. The number of hydrogen-bond acceptors (Lipinski definition) is 7. The Morgan fingerprint density at radius 2 is 1.95 bits per heavy atom. The highest BCUT2D eigenvalue weighted by Gasteiger charge is 2.29. The van der Waals surface area contributed by atoms with Crippen LogP contribution in [0.25, 0.3) is 22.0 Å². The van der Waals surface area contributed by atoms with Crippen LogP contribution < -0.4 is 15.4 Å². The summed E-state index contributed by atoms with van der Waals surface area (Å²) in [6.45, 7) is 4.00. The van der Waals surface area contributed by atoms with E-state index < -0.39 is 0 Å². The summed E-state index contributed by atoms with van der Waals surface area (Å²) in [5.74, 6) is 2.42. The van der Waals surface area contributed by atoms with Crippen LogP contribution in [0.15, 0.2) is 60.9 Å². The fraction of sp³-hybridized carbons (Fsp3) is 0.333. The SMILES string of the molecule is Cc1ccc2c(CC(=O)C3CC3)cccc2c1Oc1ncccc1-c1ccnc(N[C@H]2CCCNC2)n1. The van der Waals surface area contributed by atoms with E-state index in [1.54, 1.807) is 12.4 Å². The number of carbonyl (C=O) groups is 1. The molecule has 1 atom stereocenters. The van der Waals surface area contributed by atoms with Gasteiger partial charge in [0.05, 0.1) is 11.3 Å². The van der Waals surface area contributed by atoms with E-state index in [-0.39, 0.29) is 5.92 Å². The van der Waals surface area contributed by atoms with Crippen molar-refractivity contribution in [3.05, 3.63) is 72.1 Å². The van der Waals surface area contributed by atoms with Crippen LogP contribution >= 0.6 is 0 Å². The number of pyridine rings is 1. The normalized spacial score (nSPS) is 17.5. The standard InChI is InChI=1S/C30H31N5O2/c1-19-9-12-23-21(17-27(36)20-10-11-20)5-2-7-24(23)28(19)37-29-25(8-4-15-32-29)26-13-16-33-30(35-26)34-22-6-3-14-31-18-22/h2,4-5,7-9,12-13,15-16,20,22,31H,3,6,10-11,14,17-18H2,1H3,(H,33,34,35)/t22-/m0/s1. The van der Waals surface area contributed by atoms with E-state index in [4.69, 9.17) is 9.72 Å². The van der Waals surface area contributed by atoms with E-state index in [9.17, 15) is 4.79 Å². The molecule has 7 heteroatoms. The maximum Gasteiger partial charge on any atom is 0.228 e. The average molecular weight is 494 g/mol. The Labute approximate surface area is 216 Å². The number of nitrogens with one attached hydrogen (secondary N) is 2. The van der Waals surface area contributed by atoms with E-state index in [0.29, 0.717) is 30.1 Å². The van der Waals surface area contributed by atoms with Crippen LogP contribution in [0.1, 0.15) is 36.8 Å². The number of anilines is 1. The molecule has 2 fully saturated rings. The first-order valence-electron chi connectivity index (χ1n) is 13.1. The first kappa shape index (κ1) is 23.6. The largest absolute Gasteiger partial charge is 0.437 e. The molecule has 1 aliphatic carbocycles. The first-order chi connectivity index (χ1) is 18.2. The number of aromatic nitrogens is 3. The predicted octanol–water partition coefficient (Wildman–Crippen LogP) is 5.48. The number of hydrogen-bond donors (Lipinski definition) is 2. The average Bonchev–Trinajstić information content (AvgIpc) is 3.77. The summed E-state index contributed by atoms with van der Waals surface area (Å²) in [5.41, 5.74) is 3.60. The molecule has 2 aromatic heterocycles. The predicted molar refractivity (Wildman–Crippen MR) is 145 cm³/mol. The van der Waals surface area contributed by atoms with Crippen molar-refractivity contribution >= 4 is 22.5 Å². The molecule has 2 aliphatic rings. The third-order valence-electron chi connectivity index (χ3n) is 7.23. The second kappa shape index (κ2) is 10.3. The maximum absolute atomic E-state index is 12.6. The topological polar surface area (TPSA) is 89.0 Å². The Kier molecular flexibility index (Phi) is 6.53. The molecule has 7 nitrogen and oxygen atoms in total. The summed E-state index contributed by atoms with van der Waals surface area (Å²) in [6.07, 6.45) is 8.24. The van der Waals surface area contributed by atoms with Gasteiger partial charge >= 0.3 is 0 Å². The van der Waals surface area contributed by atoms with Gasteiger partial charge in [-0.1, -0.05) is 30.3 Å². The van der Waals surface area contributed by atoms with E-state index in [1.165, 1.54) is 0 Å². The fourth-order valence-electron chi connectivity index (χ4n) is 5.03. The molecule has 1 saturated carbocycles. The van der Waals surface area contributed by atoms with Crippen LogP contribution in [0.5, 0.6) is 11.6 Å². The molecule has 1 saturated heterocycles. The molecule has 1 aliphatic heterocycles. The number of carbonyl (C=O) groups excluding carboxylic acids is 1. The zero-order valence-corrected chi connectivity index (χ0v) is 21.0. The second-order valence-electron chi connectivity index (χ2n) is 10.1. The van der Waals surface area contributed by atoms with Crippen molar-refractivity contribution in [2.75, 3.05) is 18.4 Å². The minimum absolute atomic E-state index is 0.245. The number of nitrogens with zero attached hydrogens (tertiary/aromatic N) is 3. The van der Waals surface area contributed by atoms with Crippen LogP contribution in [0.4, 0.5) is 5.95 Å². The number of ketones is 1. The molecule has 0 radical (unpaired) electrons. The van der Waals surface area contributed by atoms with E-state index in [1.807, 2.05) is 37.3 Å². The molecule has 37 heavy (non-hydrogen) atoms. The van der Waals surface area contributed by atoms with Crippen molar-refractivity contribution < 1.29 is 9.53 Å². The summed E-state index contributed by atoms with van der Waals surface area (Å²) in [4.78, 5) is 26.4. The highest BCUT2D eigenvalue weighted by Crippen LogP contribution is 2.38. The van der Waals surface area contributed by atoms with Crippen molar-refractivity contribution in [3.63, 3.8) is 0 Å². The maximum atomic E-state index is 12.6. The number of fused-ring (bicyclic) bond motifs is 1. The minimum atomic E-state index is 0.245. The molecular formula is C30H31N5O2. The van der Waals surface area contributed by atoms with Gasteiger partial charge in [0.15, 0.2) is 0 Å². The van der Waals surface area contributed by atoms with Gasteiger partial charge in [0.1, 0.15) is 11.5 Å². The van der Waals surface area contributed by atoms with Crippen LogP contribution in [0, 0.1) is 12.8 Å². The fourth-order valence-corrected chi connectivity index (χ4v) is 5.03. The van der Waals surface area contributed by atoms with Crippen LogP contribution in [-0.4, -0.2) is 39.9 Å². The Morgan fingerprint density at radius 1 is 1.03 bits per heavy atom. The zero-order valence-electron chi connectivity index (χ0n) is 21.0. The summed E-state index contributed by atoms with van der Waals surface area (Å²) in [5, 5.41) is 8.89.